The minimum Gasteiger partial charge on any atom is -0.385 e. The molecule has 26 heavy (non-hydrogen) atoms. The molecule has 0 aliphatic carbocycles. The van der Waals surface area contributed by atoms with Crippen molar-refractivity contribution in [1.82, 2.24) is 25.3 Å². The van der Waals surface area contributed by atoms with Crippen molar-refractivity contribution in [2.45, 2.75) is 13.3 Å². The molecule has 1 fully saturated rings. The lowest BCUT2D eigenvalue weighted by molar-refractivity contribution is -0.130. The lowest BCUT2D eigenvalue weighted by atomic mass is 10.3. The van der Waals surface area contributed by atoms with E-state index in [9.17, 15) is 4.79 Å². The highest BCUT2D eigenvalue weighted by Gasteiger charge is 2.17. The van der Waals surface area contributed by atoms with Crippen molar-refractivity contribution in [1.29, 1.82) is 0 Å². The summed E-state index contributed by atoms with van der Waals surface area (Å²) in [6.45, 7) is 10.7. The van der Waals surface area contributed by atoms with Crippen molar-refractivity contribution < 1.29 is 9.53 Å². The minimum atomic E-state index is 0. The highest BCUT2D eigenvalue weighted by atomic mass is 127. The number of carbonyl (C=O) groups excluding carboxylic acids is 1. The first-order chi connectivity index (χ1) is 12.1. The van der Waals surface area contributed by atoms with Crippen molar-refractivity contribution in [2.24, 2.45) is 4.99 Å². The number of halogens is 1. The van der Waals surface area contributed by atoms with Crippen LogP contribution in [0.25, 0.3) is 0 Å². The molecule has 2 N–H and O–H groups in total. The molecular weight excluding hydrogens is 447 g/mol. The average molecular weight is 484 g/mol. The van der Waals surface area contributed by atoms with Crippen LogP contribution < -0.4 is 10.6 Å². The highest BCUT2D eigenvalue weighted by Crippen LogP contribution is 2.00. The Kier molecular flexibility index (Phi) is 15.0. The van der Waals surface area contributed by atoms with E-state index in [0.29, 0.717) is 0 Å². The molecule has 0 atom stereocenters. The van der Waals surface area contributed by atoms with Crippen LogP contribution in [0.3, 0.4) is 0 Å². The van der Waals surface area contributed by atoms with Gasteiger partial charge in [0.25, 0.3) is 0 Å². The molecule has 1 heterocycles. The van der Waals surface area contributed by atoms with Crippen LogP contribution in [-0.2, 0) is 9.53 Å². The molecule has 154 valence electrons. The normalized spacial score (nSPS) is 15.7. The first-order valence-corrected chi connectivity index (χ1v) is 9.16. The minimum absolute atomic E-state index is 0. The smallest absolute Gasteiger partial charge is 0.219 e. The van der Waals surface area contributed by atoms with Crippen LogP contribution in [0.5, 0.6) is 0 Å². The Labute approximate surface area is 175 Å². The maximum atomic E-state index is 11.3. The zero-order valence-electron chi connectivity index (χ0n) is 16.8. The monoisotopic (exact) mass is 484 g/mol. The number of nitrogens with one attached hydrogen (secondary N) is 2. The van der Waals surface area contributed by atoms with Gasteiger partial charge >= 0.3 is 0 Å². The predicted octanol–water partition coefficient (Wildman–Crippen LogP) is -0.0982. The first-order valence-electron chi connectivity index (χ1n) is 9.16. The van der Waals surface area contributed by atoms with E-state index in [1.165, 1.54) is 0 Å². The Morgan fingerprint density at radius 3 is 2.38 bits per heavy atom. The molecule has 0 aromatic rings. The number of rotatable bonds is 10. The molecule has 1 amide bonds. The van der Waals surface area contributed by atoms with E-state index >= 15 is 0 Å². The van der Waals surface area contributed by atoms with E-state index in [1.807, 2.05) is 4.90 Å². The number of hydrogen-bond acceptors (Lipinski definition) is 5. The third-order valence-corrected chi connectivity index (χ3v) is 4.44. The van der Waals surface area contributed by atoms with Gasteiger partial charge in [0.1, 0.15) is 0 Å². The lowest BCUT2D eigenvalue weighted by Gasteiger charge is -2.34. The molecule has 0 unspecified atom stereocenters. The number of guanidine groups is 1. The van der Waals surface area contributed by atoms with Crippen molar-refractivity contribution >= 4 is 35.8 Å². The number of amides is 1. The molecule has 1 saturated heterocycles. The van der Waals surface area contributed by atoms with E-state index in [1.54, 1.807) is 21.1 Å². The van der Waals surface area contributed by atoms with E-state index in [2.05, 4.69) is 32.5 Å². The largest absolute Gasteiger partial charge is 0.385 e. The second-order valence-electron chi connectivity index (χ2n) is 6.42. The standard InChI is InChI=1S/C17H36N6O2.HI/c1-16(24)23-13-11-22(12-14-23)10-7-20-17(18-2)19-6-9-21(3)8-5-15-25-4;/h5-15H2,1-4H3,(H2,18,19,20);1H. The van der Waals surface area contributed by atoms with Gasteiger partial charge in [-0.2, -0.15) is 0 Å². The SMILES string of the molecule is CN=C(NCCN(C)CCCOC)NCCN1CCN(C(C)=O)CC1.I. The molecule has 1 aliphatic rings. The van der Waals surface area contributed by atoms with Gasteiger partial charge in [-0.05, 0) is 13.5 Å². The summed E-state index contributed by atoms with van der Waals surface area (Å²) in [7, 11) is 5.65. The molecule has 0 aromatic heterocycles. The lowest BCUT2D eigenvalue weighted by Crippen LogP contribution is -2.50. The topological polar surface area (TPSA) is 72.4 Å². The number of piperazine rings is 1. The predicted molar refractivity (Wildman–Crippen MR) is 117 cm³/mol. The number of nitrogens with zero attached hydrogens (tertiary/aromatic N) is 4. The summed E-state index contributed by atoms with van der Waals surface area (Å²) in [6.07, 6.45) is 1.05. The number of likely N-dealkylation sites (N-methyl/N-ethyl adjacent to an activating group) is 1. The molecule has 0 saturated carbocycles. The summed E-state index contributed by atoms with van der Waals surface area (Å²) in [5.41, 5.74) is 0. The second-order valence-corrected chi connectivity index (χ2v) is 6.42. The summed E-state index contributed by atoms with van der Waals surface area (Å²) in [5, 5.41) is 6.70. The van der Waals surface area contributed by atoms with Gasteiger partial charge in [0.15, 0.2) is 5.96 Å². The first kappa shape index (κ1) is 25.4. The molecule has 9 heteroatoms. The second kappa shape index (κ2) is 15.4. The van der Waals surface area contributed by atoms with Crippen molar-refractivity contribution in [3.05, 3.63) is 0 Å². The molecule has 8 nitrogen and oxygen atoms in total. The van der Waals surface area contributed by atoms with E-state index in [0.717, 1.165) is 77.9 Å². The van der Waals surface area contributed by atoms with Crippen molar-refractivity contribution in [3.8, 4) is 0 Å². The van der Waals surface area contributed by atoms with Crippen LogP contribution in [0.4, 0.5) is 0 Å². The van der Waals surface area contributed by atoms with Crippen LogP contribution in [0, 0.1) is 0 Å². The van der Waals surface area contributed by atoms with Gasteiger partial charge in [0, 0.05) is 86.6 Å². The fourth-order valence-electron chi connectivity index (χ4n) is 2.80. The van der Waals surface area contributed by atoms with Crippen molar-refractivity contribution in [3.63, 3.8) is 0 Å². The van der Waals surface area contributed by atoms with Gasteiger partial charge < -0.3 is 25.2 Å². The zero-order valence-corrected chi connectivity index (χ0v) is 19.1. The third-order valence-electron chi connectivity index (χ3n) is 4.44. The van der Waals surface area contributed by atoms with E-state index in [-0.39, 0.29) is 29.9 Å². The van der Waals surface area contributed by atoms with Crippen LogP contribution in [0.15, 0.2) is 4.99 Å². The molecule has 0 spiro atoms. The fourth-order valence-corrected chi connectivity index (χ4v) is 2.80. The summed E-state index contributed by atoms with van der Waals surface area (Å²) < 4.78 is 5.07. The zero-order chi connectivity index (χ0) is 18.5. The van der Waals surface area contributed by atoms with Crippen molar-refractivity contribution in [2.75, 3.05) is 86.7 Å². The van der Waals surface area contributed by atoms with Gasteiger partial charge in [-0.25, -0.2) is 0 Å². The quantitative estimate of drug-likeness (QED) is 0.195. The third kappa shape index (κ3) is 11.1. The van der Waals surface area contributed by atoms with Crippen LogP contribution in [-0.4, -0.2) is 113 Å². The van der Waals surface area contributed by atoms with E-state index < -0.39 is 0 Å². The maximum absolute atomic E-state index is 11.3. The Balaban J connectivity index is 0.00000625. The van der Waals surface area contributed by atoms with Gasteiger partial charge in [0.2, 0.25) is 5.91 Å². The number of ether oxygens (including phenoxy) is 1. The van der Waals surface area contributed by atoms with Gasteiger partial charge in [0.05, 0.1) is 0 Å². The highest BCUT2D eigenvalue weighted by molar-refractivity contribution is 14.0. The summed E-state index contributed by atoms with van der Waals surface area (Å²) >= 11 is 0. The summed E-state index contributed by atoms with van der Waals surface area (Å²) in [6, 6.07) is 0. The Morgan fingerprint density at radius 1 is 1.15 bits per heavy atom. The van der Waals surface area contributed by atoms with Gasteiger partial charge in [-0.3, -0.25) is 14.7 Å². The number of aliphatic imine (C=N–C) groups is 1. The fraction of sp³-hybridized carbons (Fsp3) is 0.882. The maximum Gasteiger partial charge on any atom is 0.219 e. The number of carbonyl (C=O) groups is 1. The van der Waals surface area contributed by atoms with Crippen LogP contribution >= 0.6 is 24.0 Å². The summed E-state index contributed by atoms with van der Waals surface area (Å²) in [4.78, 5) is 22.2. The molecule has 1 rings (SSSR count). The van der Waals surface area contributed by atoms with Crippen LogP contribution in [0.1, 0.15) is 13.3 Å². The average Bonchev–Trinajstić information content (AvgIpc) is 2.61. The number of methoxy groups -OCH3 is 1. The van der Waals surface area contributed by atoms with Crippen LogP contribution in [0.2, 0.25) is 0 Å². The Hall–Kier alpha value is -0.650. The summed E-state index contributed by atoms with van der Waals surface area (Å²) in [5.74, 6) is 1.02. The number of hydrogen-bond donors (Lipinski definition) is 2. The molecule has 0 radical (unpaired) electrons. The molecular formula is C17H37IN6O2. The Morgan fingerprint density at radius 2 is 1.81 bits per heavy atom. The van der Waals surface area contributed by atoms with Gasteiger partial charge in [-0.1, -0.05) is 0 Å². The van der Waals surface area contributed by atoms with Gasteiger partial charge in [-0.15, -0.1) is 24.0 Å². The molecule has 1 aliphatic heterocycles. The molecule has 0 bridgehead atoms. The Bertz CT molecular complexity index is 403. The molecule has 0 aromatic carbocycles. The van der Waals surface area contributed by atoms with E-state index in [4.69, 9.17) is 4.74 Å².